The van der Waals surface area contributed by atoms with E-state index in [4.69, 9.17) is 19.9 Å². The highest BCUT2D eigenvalue weighted by Crippen LogP contribution is 2.37. The van der Waals surface area contributed by atoms with Gasteiger partial charge in [0.15, 0.2) is 0 Å². The first-order valence-corrected chi connectivity index (χ1v) is 5.63. The van der Waals surface area contributed by atoms with Gasteiger partial charge in [-0.1, -0.05) is 0 Å². The number of nitrogens with two attached hydrogens (primary N) is 1. The molecule has 1 aliphatic heterocycles. The van der Waals surface area contributed by atoms with Crippen molar-refractivity contribution in [3.63, 3.8) is 0 Å². The van der Waals surface area contributed by atoms with E-state index < -0.39 is 0 Å². The number of hydrogen-bond donors (Lipinski definition) is 1. The third kappa shape index (κ3) is 3.41. The van der Waals surface area contributed by atoms with E-state index in [9.17, 15) is 0 Å². The molecule has 0 spiro atoms. The van der Waals surface area contributed by atoms with Crippen molar-refractivity contribution in [1.82, 2.24) is 0 Å². The van der Waals surface area contributed by atoms with Crippen LogP contribution >= 0.6 is 0 Å². The lowest BCUT2D eigenvalue weighted by Crippen LogP contribution is -2.37. The monoisotopic (exact) mass is 217 g/mol. The molecule has 1 fully saturated rings. The number of hydrogen-bond acceptors (Lipinski definition) is 4. The summed E-state index contributed by atoms with van der Waals surface area (Å²) in [6, 6.07) is 0. The predicted molar refractivity (Wildman–Crippen MR) is 58.8 cm³/mol. The summed E-state index contributed by atoms with van der Waals surface area (Å²) < 4.78 is 16.0. The second-order valence-corrected chi connectivity index (χ2v) is 4.18. The van der Waals surface area contributed by atoms with Crippen LogP contribution in [0.2, 0.25) is 0 Å². The molecule has 1 rings (SSSR count). The zero-order chi connectivity index (χ0) is 11.1. The fraction of sp³-hybridized carbons (Fsp3) is 1.00. The Balaban J connectivity index is 2.22. The van der Waals surface area contributed by atoms with Crippen molar-refractivity contribution in [2.24, 2.45) is 11.1 Å². The van der Waals surface area contributed by atoms with Crippen LogP contribution in [0, 0.1) is 5.41 Å². The van der Waals surface area contributed by atoms with E-state index in [0.29, 0.717) is 19.8 Å². The molecule has 0 aromatic carbocycles. The van der Waals surface area contributed by atoms with E-state index in [1.54, 1.807) is 7.11 Å². The van der Waals surface area contributed by atoms with Crippen molar-refractivity contribution in [3.8, 4) is 0 Å². The Bertz CT molecular complexity index is 177. The van der Waals surface area contributed by atoms with E-state index in [2.05, 4.69) is 6.92 Å². The SMILES string of the molecule is COCCOCCC1(CN)CCOC1C. The third-order valence-electron chi connectivity index (χ3n) is 3.41. The summed E-state index contributed by atoms with van der Waals surface area (Å²) in [6.45, 7) is 5.68. The molecule has 1 aliphatic rings. The zero-order valence-electron chi connectivity index (χ0n) is 9.83. The van der Waals surface area contributed by atoms with Crippen LogP contribution in [0.15, 0.2) is 0 Å². The van der Waals surface area contributed by atoms with Crippen LogP contribution in [0.25, 0.3) is 0 Å². The van der Waals surface area contributed by atoms with Crippen LogP contribution in [0.5, 0.6) is 0 Å². The summed E-state index contributed by atoms with van der Waals surface area (Å²) in [5, 5.41) is 0. The topological polar surface area (TPSA) is 53.7 Å². The maximum absolute atomic E-state index is 5.84. The van der Waals surface area contributed by atoms with Gasteiger partial charge in [0.05, 0.1) is 19.3 Å². The molecular weight excluding hydrogens is 194 g/mol. The highest BCUT2D eigenvalue weighted by atomic mass is 16.5. The highest BCUT2D eigenvalue weighted by molar-refractivity contribution is 4.90. The van der Waals surface area contributed by atoms with Crippen LogP contribution < -0.4 is 5.73 Å². The van der Waals surface area contributed by atoms with Crippen molar-refractivity contribution in [2.75, 3.05) is 40.1 Å². The van der Waals surface area contributed by atoms with E-state index in [1.807, 2.05) is 0 Å². The summed E-state index contributed by atoms with van der Waals surface area (Å²) in [4.78, 5) is 0. The Morgan fingerprint density at radius 2 is 2.20 bits per heavy atom. The molecule has 2 atom stereocenters. The van der Waals surface area contributed by atoms with E-state index >= 15 is 0 Å². The number of rotatable bonds is 7. The van der Waals surface area contributed by atoms with Gasteiger partial charge in [-0.3, -0.25) is 0 Å². The Morgan fingerprint density at radius 1 is 1.40 bits per heavy atom. The van der Waals surface area contributed by atoms with Crippen molar-refractivity contribution >= 4 is 0 Å². The predicted octanol–water partition coefficient (Wildman–Crippen LogP) is 0.793. The molecule has 4 heteroatoms. The highest BCUT2D eigenvalue weighted by Gasteiger charge is 2.39. The van der Waals surface area contributed by atoms with E-state index in [1.165, 1.54) is 0 Å². The first-order chi connectivity index (χ1) is 7.25. The summed E-state index contributed by atoms with van der Waals surface area (Å²) in [6.07, 6.45) is 2.29. The normalized spacial score (nSPS) is 31.0. The van der Waals surface area contributed by atoms with Gasteiger partial charge < -0.3 is 19.9 Å². The lowest BCUT2D eigenvalue weighted by atomic mass is 9.79. The molecule has 0 amide bonds. The molecule has 2 unspecified atom stereocenters. The minimum absolute atomic E-state index is 0.132. The average molecular weight is 217 g/mol. The van der Waals surface area contributed by atoms with Crippen LogP contribution in [0.3, 0.4) is 0 Å². The fourth-order valence-corrected chi connectivity index (χ4v) is 2.04. The maximum atomic E-state index is 5.84. The molecule has 0 saturated carbocycles. The van der Waals surface area contributed by atoms with Crippen LogP contribution in [-0.4, -0.2) is 46.2 Å². The lowest BCUT2D eigenvalue weighted by molar-refractivity contribution is 0.0240. The van der Waals surface area contributed by atoms with Gasteiger partial charge in [-0.05, 0) is 19.8 Å². The molecule has 90 valence electrons. The molecular formula is C11H23NO3. The Hall–Kier alpha value is -0.160. The van der Waals surface area contributed by atoms with Gasteiger partial charge in [-0.15, -0.1) is 0 Å². The van der Waals surface area contributed by atoms with Gasteiger partial charge in [-0.25, -0.2) is 0 Å². The molecule has 0 radical (unpaired) electrons. The van der Waals surface area contributed by atoms with E-state index in [0.717, 1.165) is 26.1 Å². The maximum Gasteiger partial charge on any atom is 0.0700 e. The first-order valence-electron chi connectivity index (χ1n) is 5.63. The molecule has 2 N–H and O–H groups in total. The van der Waals surface area contributed by atoms with Crippen LogP contribution in [0.1, 0.15) is 19.8 Å². The molecule has 15 heavy (non-hydrogen) atoms. The standard InChI is InChI=1S/C11H23NO3/c1-10-11(9-12,4-6-15-10)3-5-14-8-7-13-2/h10H,3-9,12H2,1-2H3. The Labute approximate surface area is 92.1 Å². The van der Waals surface area contributed by atoms with E-state index in [-0.39, 0.29) is 11.5 Å². The third-order valence-corrected chi connectivity index (χ3v) is 3.41. The van der Waals surface area contributed by atoms with Gasteiger partial charge in [0.2, 0.25) is 0 Å². The van der Waals surface area contributed by atoms with Crippen molar-refractivity contribution in [2.45, 2.75) is 25.9 Å². The molecule has 0 aliphatic carbocycles. The molecule has 1 saturated heterocycles. The number of ether oxygens (including phenoxy) is 3. The van der Waals surface area contributed by atoms with Crippen molar-refractivity contribution in [3.05, 3.63) is 0 Å². The summed E-state index contributed by atoms with van der Waals surface area (Å²) in [5.74, 6) is 0. The average Bonchev–Trinajstić information content (AvgIpc) is 2.61. The molecule has 0 aromatic heterocycles. The quantitative estimate of drug-likeness (QED) is 0.641. The Kier molecular flexibility index (Phi) is 5.53. The largest absolute Gasteiger partial charge is 0.382 e. The van der Waals surface area contributed by atoms with Crippen LogP contribution in [-0.2, 0) is 14.2 Å². The Morgan fingerprint density at radius 3 is 2.73 bits per heavy atom. The summed E-state index contributed by atoms with van der Waals surface area (Å²) >= 11 is 0. The smallest absolute Gasteiger partial charge is 0.0700 e. The lowest BCUT2D eigenvalue weighted by Gasteiger charge is -2.30. The summed E-state index contributed by atoms with van der Waals surface area (Å²) in [5.41, 5.74) is 5.97. The summed E-state index contributed by atoms with van der Waals surface area (Å²) in [7, 11) is 1.68. The van der Waals surface area contributed by atoms with Crippen molar-refractivity contribution < 1.29 is 14.2 Å². The molecule has 1 heterocycles. The van der Waals surface area contributed by atoms with Crippen LogP contribution in [0.4, 0.5) is 0 Å². The number of methoxy groups -OCH3 is 1. The second-order valence-electron chi connectivity index (χ2n) is 4.18. The van der Waals surface area contributed by atoms with Gasteiger partial charge in [0.25, 0.3) is 0 Å². The molecule has 4 nitrogen and oxygen atoms in total. The zero-order valence-corrected chi connectivity index (χ0v) is 9.83. The molecule has 0 aromatic rings. The van der Waals surface area contributed by atoms with Gasteiger partial charge in [0, 0.05) is 32.3 Å². The van der Waals surface area contributed by atoms with Gasteiger partial charge in [-0.2, -0.15) is 0 Å². The fourth-order valence-electron chi connectivity index (χ4n) is 2.04. The second kappa shape index (κ2) is 6.43. The molecule has 0 bridgehead atoms. The van der Waals surface area contributed by atoms with Crippen molar-refractivity contribution in [1.29, 1.82) is 0 Å². The van der Waals surface area contributed by atoms with Gasteiger partial charge in [0.1, 0.15) is 0 Å². The minimum Gasteiger partial charge on any atom is -0.382 e. The van der Waals surface area contributed by atoms with Gasteiger partial charge >= 0.3 is 0 Å². The minimum atomic E-state index is 0.132. The first kappa shape index (κ1) is 12.9.